The van der Waals surface area contributed by atoms with Crippen molar-refractivity contribution in [1.82, 2.24) is 63.1 Å². The zero-order valence-corrected chi connectivity index (χ0v) is 50.2. The Hall–Kier alpha value is -8.79. The summed E-state index contributed by atoms with van der Waals surface area (Å²) in [5, 5.41) is 56.0. The molecule has 12 amide bonds. The van der Waals surface area contributed by atoms with E-state index in [1.165, 1.54) is 13.8 Å². The lowest BCUT2D eigenvalue weighted by Crippen LogP contribution is -2.61. The number of nitrogens with one attached hydrogen (secondary N) is 12. The van der Waals surface area contributed by atoms with Gasteiger partial charge in [-0.3, -0.25) is 62.3 Å². The summed E-state index contributed by atoms with van der Waals surface area (Å²) in [6.07, 6.45) is -2.30. The summed E-state index contributed by atoms with van der Waals surface area (Å²) >= 11 is 8.09. The first-order valence-corrected chi connectivity index (χ1v) is 29.1. The second-order valence-corrected chi connectivity index (χ2v) is 21.4. The number of aliphatic hydroxyl groups is 2. The van der Waals surface area contributed by atoms with Gasteiger partial charge in [-0.25, -0.2) is 0 Å². The quantitative estimate of drug-likeness (QED) is 0.0148. The summed E-state index contributed by atoms with van der Waals surface area (Å²) in [5.74, 6) is -14.0. The molecule has 4 aromatic rings. The maximum Gasteiger partial charge on any atom is 0.303 e. The molecular weight excluding hydrogens is 1190 g/mol. The van der Waals surface area contributed by atoms with Crippen molar-refractivity contribution in [2.75, 3.05) is 24.6 Å². The first-order chi connectivity index (χ1) is 41.7. The molecule has 88 heavy (non-hydrogen) atoms. The minimum Gasteiger partial charge on any atom is -0.481 e. The molecule has 0 radical (unpaired) electrons. The van der Waals surface area contributed by atoms with Crippen molar-refractivity contribution in [3.05, 3.63) is 72.1 Å². The normalized spacial score (nSPS) is 14.9. The van der Waals surface area contributed by atoms with Gasteiger partial charge in [0.15, 0.2) is 0 Å². The van der Waals surface area contributed by atoms with E-state index >= 15 is 0 Å². The van der Waals surface area contributed by atoms with Gasteiger partial charge in [0.1, 0.15) is 54.4 Å². The molecule has 2 aromatic carbocycles. The van der Waals surface area contributed by atoms with Crippen LogP contribution in [-0.4, -0.2) is 193 Å². The third-order valence-corrected chi connectivity index (χ3v) is 14.4. The fourth-order valence-corrected chi connectivity index (χ4v) is 9.54. The Kier molecular flexibility index (Phi) is 28.6. The second kappa shape index (κ2) is 35.1. The third-order valence-electron chi connectivity index (χ3n) is 13.6. The van der Waals surface area contributed by atoms with Gasteiger partial charge in [0.05, 0.1) is 25.2 Å². The van der Waals surface area contributed by atoms with E-state index in [-0.39, 0.29) is 43.7 Å². The molecule has 4 rings (SSSR count). The first-order valence-electron chi connectivity index (χ1n) is 27.8. The number of aromatic amines is 2. The van der Waals surface area contributed by atoms with Crippen molar-refractivity contribution < 1.29 is 77.6 Å². The van der Waals surface area contributed by atoms with Crippen LogP contribution >= 0.6 is 25.3 Å². The number of carbonyl (C=O) groups excluding carboxylic acids is 12. The minimum atomic E-state index is -1.83. The van der Waals surface area contributed by atoms with Gasteiger partial charge in [0, 0.05) is 71.9 Å². The van der Waals surface area contributed by atoms with Crippen LogP contribution in [0.4, 0.5) is 0 Å². The van der Waals surface area contributed by atoms with Crippen molar-refractivity contribution in [1.29, 1.82) is 0 Å². The first kappa shape index (κ1) is 71.7. The molecule has 0 unspecified atom stereocenters. The lowest BCUT2D eigenvalue weighted by Gasteiger charge is -2.28. The lowest BCUT2D eigenvalue weighted by atomic mass is 10.0. The van der Waals surface area contributed by atoms with Crippen molar-refractivity contribution >= 4 is 124 Å². The van der Waals surface area contributed by atoms with Crippen molar-refractivity contribution in [2.45, 2.75) is 139 Å². The molecule has 11 atom stereocenters. The number of primary amides is 2. The van der Waals surface area contributed by atoms with Gasteiger partial charge in [-0.1, -0.05) is 36.4 Å². The molecule has 0 fully saturated rings. The fourth-order valence-electron chi connectivity index (χ4n) is 9.01. The number of aliphatic carboxylic acids is 1. The van der Waals surface area contributed by atoms with E-state index < -0.39 is 169 Å². The predicted molar refractivity (Wildman–Crippen MR) is 324 cm³/mol. The van der Waals surface area contributed by atoms with Crippen molar-refractivity contribution in [2.24, 2.45) is 17.2 Å². The van der Waals surface area contributed by atoms with Crippen LogP contribution in [0.15, 0.2) is 60.9 Å². The summed E-state index contributed by atoms with van der Waals surface area (Å²) in [6.45, 7) is 2.68. The Morgan fingerprint density at radius 3 is 1.41 bits per heavy atom. The molecule has 2 aromatic heterocycles. The topological polar surface area (TPSA) is 513 Å². The number of carboxylic acids is 1. The Morgan fingerprint density at radius 1 is 0.523 bits per heavy atom. The van der Waals surface area contributed by atoms with Crippen LogP contribution in [0, 0.1) is 0 Å². The number of unbranched alkanes of at least 4 members (excludes halogenated alkanes) is 1. The second-order valence-electron chi connectivity index (χ2n) is 20.6. The van der Waals surface area contributed by atoms with Crippen LogP contribution in [0.1, 0.15) is 70.4 Å². The average molecular weight is 1270 g/mol. The molecule has 0 aliphatic rings. The number of carbonyl (C=O) groups is 13. The molecule has 0 aliphatic heterocycles. The number of aliphatic hydroxyl groups excluding tert-OH is 2. The van der Waals surface area contributed by atoms with Gasteiger partial charge >= 0.3 is 5.97 Å². The van der Waals surface area contributed by atoms with Gasteiger partial charge < -0.3 is 95.7 Å². The highest BCUT2D eigenvalue weighted by molar-refractivity contribution is 7.80. The van der Waals surface area contributed by atoms with Gasteiger partial charge in [0.25, 0.3) is 0 Å². The molecule has 0 aliphatic carbocycles. The van der Waals surface area contributed by atoms with E-state index in [1.54, 1.807) is 60.9 Å². The lowest BCUT2D eigenvalue weighted by molar-refractivity contribution is -0.138. The maximum absolute atomic E-state index is 14.4. The highest BCUT2D eigenvalue weighted by atomic mass is 32.1. The molecule has 480 valence electrons. The number of para-hydroxylation sites is 2. The molecule has 0 saturated carbocycles. The van der Waals surface area contributed by atoms with Crippen LogP contribution < -0.4 is 70.4 Å². The largest absolute Gasteiger partial charge is 0.481 e. The highest BCUT2D eigenvalue weighted by Gasteiger charge is 2.37. The highest BCUT2D eigenvalue weighted by Crippen LogP contribution is 2.21. The number of aromatic nitrogens is 2. The molecule has 0 spiro atoms. The summed E-state index contributed by atoms with van der Waals surface area (Å²) in [5.41, 5.74) is 18.9. The number of nitrogens with two attached hydrogens (primary N) is 3. The number of hydrogen-bond donors (Lipinski definition) is 20. The average Bonchev–Trinajstić information content (AvgIpc) is 4.31. The molecule has 21 N–H and O–H groups in total. The Bertz CT molecular complexity index is 3160. The molecular formula is C55H77N15O16S2. The van der Waals surface area contributed by atoms with Gasteiger partial charge in [0.2, 0.25) is 70.9 Å². The predicted octanol–water partition coefficient (Wildman–Crippen LogP) is -5.09. The zero-order valence-electron chi connectivity index (χ0n) is 48.4. The van der Waals surface area contributed by atoms with E-state index in [9.17, 15) is 77.6 Å². The van der Waals surface area contributed by atoms with Gasteiger partial charge in [-0.05, 0) is 69.3 Å². The van der Waals surface area contributed by atoms with Crippen LogP contribution in [0.3, 0.4) is 0 Å². The van der Waals surface area contributed by atoms with Crippen LogP contribution in [-0.2, 0) is 75.2 Å². The van der Waals surface area contributed by atoms with Gasteiger partial charge in [-0.15, -0.1) is 0 Å². The van der Waals surface area contributed by atoms with E-state index in [0.29, 0.717) is 39.4 Å². The monoisotopic (exact) mass is 1270 g/mol. The van der Waals surface area contributed by atoms with E-state index in [4.69, 9.17) is 17.2 Å². The number of thiol groups is 2. The van der Waals surface area contributed by atoms with Crippen LogP contribution in [0.25, 0.3) is 21.8 Å². The summed E-state index contributed by atoms with van der Waals surface area (Å²) in [4.78, 5) is 179. The number of rotatable bonds is 37. The molecule has 31 nitrogen and oxygen atoms in total. The number of benzene rings is 2. The minimum absolute atomic E-state index is 0.134. The Morgan fingerprint density at radius 2 is 0.955 bits per heavy atom. The van der Waals surface area contributed by atoms with E-state index in [0.717, 1.165) is 6.92 Å². The zero-order chi connectivity index (χ0) is 65.4. The number of fused-ring (bicyclic) bond motifs is 2. The molecule has 2 heterocycles. The number of H-pyrrole nitrogens is 2. The number of amides is 12. The third kappa shape index (κ3) is 22.2. The Balaban J connectivity index is 1.57. The molecule has 33 heteroatoms. The standard InChI is InChI=1S/C55H77N15O16S2/c1-26(71)45(70-53(84)41(25-88)62-28(3)73)54(85)67-37(18-29-21-59-33-12-6-4-10-31(29)33)50(81)65-36(15-16-44(76)77)48(79)61-23-43(75)63-39(20-42(57)74)51(82)64-35(14-8-9-17-56)49(80)66-38(19-30-22-60-34-13-7-5-11-32(30)34)52(83)69-46(27(2)72)55(86)68-40(24-87)47(58)78/h4-7,10-13,21-22,26-27,35-41,45-46,59-60,71-72,87-88H,8-9,14-20,23-25,56H2,1-3H3,(H2,57,74)(H2,58,78)(H,61,79)(H,62,73)(H,63,75)(H,64,82)(H,65,81)(H,66,80)(H,67,85)(H,68,86)(H,69,83)(H,70,84)(H,76,77)/t26-,27-,35+,36+,37+,38+,39+,40+,41+,45+,46+/m1/s1. The number of hydrogen-bond acceptors (Lipinski definition) is 18. The summed E-state index contributed by atoms with van der Waals surface area (Å²) < 4.78 is 0. The van der Waals surface area contributed by atoms with Crippen molar-refractivity contribution in [3.63, 3.8) is 0 Å². The SMILES string of the molecule is CC(=O)N[C@@H](CS)C(=O)N[C@H](C(=O)N[C@@H](Cc1c[nH]c2ccccc12)C(=O)N[C@@H](CCC(=O)O)C(=O)NCC(=O)N[C@@H](CC(N)=O)C(=O)N[C@@H](CCCCN)C(=O)N[C@@H](Cc1c[nH]c2ccccc12)C(=O)N[C@H](C(=O)N[C@@H](CS)C(N)=O)[C@@H](C)O)[C@@H](C)O. The van der Waals surface area contributed by atoms with E-state index in [2.05, 4.69) is 88.4 Å². The van der Waals surface area contributed by atoms with E-state index in [1.807, 2.05) is 0 Å². The Labute approximate surface area is 515 Å². The van der Waals surface area contributed by atoms with Crippen LogP contribution in [0.2, 0.25) is 0 Å². The summed E-state index contributed by atoms with van der Waals surface area (Å²) in [7, 11) is 0. The fraction of sp³-hybridized carbons (Fsp3) is 0.473. The summed E-state index contributed by atoms with van der Waals surface area (Å²) in [6, 6.07) is -0.300. The maximum atomic E-state index is 14.4. The smallest absolute Gasteiger partial charge is 0.303 e. The van der Waals surface area contributed by atoms with Crippen LogP contribution in [0.5, 0.6) is 0 Å². The molecule has 0 saturated heterocycles. The van der Waals surface area contributed by atoms with Crippen molar-refractivity contribution in [3.8, 4) is 0 Å². The van der Waals surface area contributed by atoms with Gasteiger partial charge in [-0.2, -0.15) is 25.3 Å². The molecule has 0 bridgehead atoms. The number of carboxylic acid groups (broad SMARTS) is 1.